The van der Waals surface area contributed by atoms with Crippen molar-refractivity contribution in [2.75, 3.05) is 45.7 Å². The fraction of sp³-hybridized carbons (Fsp3) is 0.409. The summed E-state index contributed by atoms with van der Waals surface area (Å²) in [5.74, 6) is 1.41. The van der Waals surface area contributed by atoms with Crippen LogP contribution in [0.3, 0.4) is 0 Å². The summed E-state index contributed by atoms with van der Waals surface area (Å²) in [4.78, 5) is 17.4. The normalized spacial score (nSPS) is 16.3. The first-order chi connectivity index (χ1) is 14.0. The number of benzene rings is 2. The van der Waals surface area contributed by atoms with Crippen LogP contribution in [0, 0.1) is 0 Å². The van der Waals surface area contributed by atoms with E-state index < -0.39 is 0 Å². The van der Waals surface area contributed by atoms with E-state index in [0.29, 0.717) is 16.5 Å². The van der Waals surface area contributed by atoms with Crippen LogP contribution in [0.2, 0.25) is 5.02 Å². The second kappa shape index (κ2) is 9.96. The Bertz CT molecular complexity index is 821. The maximum Gasteiger partial charge on any atom is 0.241 e. The molecule has 1 fully saturated rings. The average molecular weight is 418 g/mol. The van der Waals surface area contributed by atoms with E-state index >= 15 is 0 Å². The van der Waals surface area contributed by atoms with Gasteiger partial charge in [-0.1, -0.05) is 23.7 Å². The van der Waals surface area contributed by atoms with Crippen molar-refractivity contribution in [3.05, 3.63) is 53.1 Å². The Hall–Kier alpha value is -2.28. The predicted molar refractivity (Wildman–Crippen MR) is 116 cm³/mol. The Morgan fingerprint density at radius 3 is 2.38 bits per heavy atom. The van der Waals surface area contributed by atoms with Crippen molar-refractivity contribution >= 4 is 23.2 Å². The summed E-state index contributed by atoms with van der Waals surface area (Å²) in [5.41, 5.74) is 1.85. The summed E-state index contributed by atoms with van der Waals surface area (Å²) in [6, 6.07) is 13.1. The maximum absolute atomic E-state index is 12.7. The molecule has 2 aromatic carbocycles. The molecule has 0 aliphatic carbocycles. The minimum Gasteiger partial charge on any atom is -0.497 e. The van der Waals surface area contributed by atoms with Gasteiger partial charge in [0.1, 0.15) is 11.5 Å². The summed E-state index contributed by atoms with van der Waals surface area (Å²) in [5, 5.41) is 3.50. The van der Waals surface area contributed by atoms with E-state index in [0.717, 1.165) is 38.5 Å². The molecular weight excluding hydrogens is 390 g/mol. The molecule has 1 atom stereocenters. The topological polar surface area (TPSA) is 54.0 Å². The molecule has 29 heavy (non-hydrogen) atoms. The number of hydrogen-bond acceptors (Lipinski definition) is 5. The Balaban J connectivity index is 1.52. The molecule has 1 aliphatic rings. The van der Waals surface area contributed by atoms with Crippen molar-refractivity contribution in [2.45, 2.75) is 19.5 Å². The highest BCUT2D eigenvalue weighted by Gasteiger charge is 2.26. The van der Waals surface area contributed by atoms with Gasteiger partial charge in [-0.3, -0.25) is 14.6 Å². The molecule has 0 unspecified atom stereocenters. The molecule has 2 aromatic rings. The number of nitrogens with zero attached hydrogens (tertiary/aromatic N) is 2. The lowest BCUT2D eigenvalue weighted by Gasteiger charge is -2.37. The number of methoxy groups -OCH3 is 2. The number of hydrogen-bond donors (Lipinski definition) is 1. The molecule has 0 spiro atoms. The summed E-state index contributed by atoms with van der Waals surface area (Å²) in [6.07, 6.45) is 0. The summed E-state index contributed by atoms with van der Waals surface area (Å²) < 4.78 is 10.5. The van der Waals surface area contributed by atoms with Crippen LogP contribution in [-0.4, -0.2) is 62.1 Å². The van der Waals surface area contributed by atoms with Gasteiger partial charge < -0.3 is 14.8 Å². The molecule has 3 rings (SSSR count). The minimum absolute atomic E-state index is 0.0610. The lowest BCUT2D eigenvalue weighted by atomic mass is 10.1. The zero-order valence-corrected chi connectivity index (χ0v) is 17.9. The highest BCUT2D eigenvalue weighted by molar-refractivity contribution is 6.31. The van der Waals surface area contributed by atoms with Crippen molar-refractivity contribution in [2.24, 2.45) is 0 Å². The second-order valence-corrected chi connectivity index (χ2v) is 7.61. The van der Waals surface area contributed by atoms with Crippen molar-refractivity contribution < 1.29 is 14.3 Å². The average Bonchev–Trinajstić information content (AvgIpc) is 2.74. The Labute approximate surface area is 177 Å². The smallest absolute Gasteiger partial charge is 0.241 e. The standard InChI is InChI=1S/C22H28ClN3O3/c1-16(22(27)24-20-14-18(23)6-9-21(20)29-3)26-12-10-25(11-13-26)15-17-4-7-19(28-2)8-5-17/h4-9,14,16H,10-13,15H2,1-3H3,(H,24,27)/t16-/m0/s1. The van der Waals surface area contributed by atoms with Crippen LogP contribution in [0.1, 0.15) is 12.5 Å². The summed E-state index contributed by atoms with van der Waals surface area (Å²) in [6.45, 7) is 6.37. The molecule has 1 heterocycles. The molecule has 1 saturated heterocycles. The Morgan fingerprint density at radius 1 is 1.07 bits per heavy atom. The molecule has 1 amide bonds. The quantitative estimate of drug-likeness (QED) is 0.747. The van der Waals surface area contributed by atoms with Crippen LogP contribution in [-0.2, 0) is 11.3 Å². The molecule has 0 radical (unpaired) electrons. The van der Waals surface area contributed by atoms with Crippen molar-refractivity contribution in [3.63, 3.8) is 0 Å². The lowest BCUT2D eigenvalue weighted by molar-refractivity contribution is -0.121. The van der Waals surface area contributed by atoms with Crippen molar-refractivity contribution in [3.8, 4) is 11.5 Å². The third kappa shape index (κ3) is 5.63. The number of nitrogens with one attached hydrogen (secondary N) is 1. The van der Waals surface area contributed by atoms with Gasteiger partial charge in [0.2, 0.25) is 5.91 Å². The van der Waals surface area contributed by atoms with Crippen molar-refractivity contribution in [1.29, 1.82) is 0 Å². The minimum atomic E-state index is -0.234. The Kier molecular flexibility index (Phi) is 7.36. The van der Waals surface area contributed by atoms with E-state index in [9.17, 15) is 4.79 Å². The van der Waals surface area contributed by atoms with Gasteiger partial charge in [0.15, 0.2) is 0 Å². The number of carbonyl (C=O) groups excluding carboxylic acids is 1. The van der Waals surface area contributed by atoms with E-state index in [-0.39, 0.29) is 11.9 Å². The monoisotopic (exact) mass is 417 g/mol. The van der Waals surface area contributed by atoms with Crippen LogP contribution in [0.5, 0.6) is 11.5 Å². The van der Waals surface area contributed by atoms with Crippen LogP contribution in [0.15, 0.2) is 42.5 Å². The molecule has 1 N–H and O–H groups in total. The number of anilines is 1. The van der Waals surface area contributed by atoms with Gasteiger partial charge in [-0.2, -0.15) is 0 Å². The predicted octanol–water partition coefficient (Wildman–Crippen LogP) is 3.50. The summed E-state index contributed by atoms with van der Waals surface area (Å²) >= 11 is 6.06. The SMILES string of the molecule is COc1ccc(CN2CCN([C@@H](C)C(=O)Nc3cc(Cl)ccc3OC)CC2)cc1. The molecule has 156 valence electrons. The zero-order valence-electron chi connectivity index (χ0n) is 17.2. The molecule has 0 bridgehead atoms. The number of rotatable bonds is 7. The van der Waals surface area contributed by atoms with Gasteiger partial charge in [-0.25, -0.2) is 0 Å². The first kappa shape index (κ1) is 21.4. The van der Waals surface area contributed by atoms with Crippen LogP contribution in [0.25, 0.3) is 0 Å². The molecule has 1 aliphatic heterocycles. The highest BCUT2D eigenvalue weighted by atomic mass is 35.5. The molecule has 0 aromatic heterocycles. The maximum atomic E-state index is 12.7. The molecule has 0 saturated carbocycles. The van der Waals surface area contributed by atoms with Gasteiger partial charge in [-0.15, -0.1) is 0 Å². The number of halogens is 1. The van der Waals surface area contributed by atoms with Gasteiger partial charge in [0, 0.05) is 37.7 Å². The molecule has 7 heteroatoms. The first-order valence-corrected chi connectivity index (χ1v) is 10.1. The fourth-order valence-electron chi connectivity index (χ4n) is 3.48. The van der Waals surface area contributed by atoms with Crippen LogP contribution < -0.4 is 14.8 Å². The van der Waals surface area contributed by atoms with Crippen molar-refractivity contribution in [1.82, 2.24) is 9.80 Å². The van der Waals surface area contributed by atoms with Crippen LogP contribution >= 0.6 is 11.6 Å². The number of piperazine rings is 1. The van der Waals surface area contributed by atoms with E-state index in [2.05, 4.69) is 27.2 Å². The van der Waals surface area contributed by atoms with Gasteiger partial charge in [0.05, 0.1) is 25.9 Å². The van der Waals surface area contributed by atoms with Gasteiger partial charge in [-0.05, 0) is 42.8 Å². The van der Waals surface area contributed by atoms with E-state index in [1.165, 1.54) is 5.56 Å². The molecule has 6 nitrogen and oxygen atoms in total. The molecular formula is C22H28ClN3O3. The third-order valence-corrected chi connectivity index (χ3v) is 5.55. The van der Waals surface area contributed by atoms with Gasteiger partial charge >= 0.3 is 0 Å². The Morgan fingerprint density at radius 2 is 1.76 bits per heavy atom. The number of carbonyl (C=O) groups is 1. The largest absolute Gasteiger partial charge is 0.497 e. The van der Waals surface area contributed by atoms with Crippen LogP contribution in [0.4, 0.5) is 5.69 Å². The zero-order chi connectivity index (χ0) is 20.8. The second-order valence-electron chi connectivity index (χ2n) is 7.17. The lowest BCUT2D eigenvalue weighted by Crippen LogP contribution is -2.52. The fourth-order valence-corrected chi connectivity index (χ4v) is 3.65. The summed E-state index contributed by atoms with van der Waals surface area (Å²) in [7, 11) is 3.25. The van der Waals surface area contributed by atoms with E-state index in [1.54, 1.807) is 32.4 Å². The number of amides is 1. The van der Waals surface area contributed by atoms with Gasteiger partial charge in [0.25, 0.3) is 0 Å². The highest BCUT2D eigenvalue weighted by Crippen LogP contribution is 2.28. The van der Waals surface area contributed by atoms with E-state index in [4.69, 9.17) is 21.1 Å². The van der Waals surface area contributed by atoms with E-state index in [1.807, 2.05) is 19.1 Å². The third-order valence-electron chi connectivity index (χ3n) is 5.32. The first-order valence-electron chi connectivity index (χ1n) is 9.74. The number of ether oxygens (including phenoxy) is 2.